The Bertz CT molecular complexity index is 726. The van der Waals surface area contributed by atoms with Crippen molar-refractivity contribution in [2.75, 3.05) is 10.6 Å². The van der Waals surface area contributed by atoms with E-state index >= 15 is 0 Å². The van der Waals surface area contributed by atoms with E-state index in [2.05, 4.69) is 20.6 Å². The van der Waals surface area contributed by atoms with Crippen LogP contribution in [0.5, 0.6) is 0 Å². The van der Waals surface area contributed by atoms with Gasteiger partial charge in [0.1, 0.15) is 23.8 Å². The molecule has 110 valence electrons. The van der Waals surface area contributed by atoms with E-state index < -0.39 is 0 Å². The summed E-state index contributed by atoms with van der Waals surface area (Å²) in [7, 11) is 0. The number of aromatic nitrogens is 2. The number of rotatable bonds is 4. The Labute approximate surface area is 128 Å². The van der Waals surface area contributed by atoms with Crippen molar-refractivity contribution in [1.82, 2.24) is 9.97 Å². The van der Waals surface area contributed by atoms with E-state index in [1.807, 2.05) is 31.2 Å². The zero-order valence-corrected chi connectivity index (χ0v) is 12.0. The lowest BCUT2D eigenvalue weighted by Crippen LogP contribution is -1.98. The molecule has 0 unspecified atom stereocenters. The number of nitrogens with one attached hydrogen (secondary N) is 2. The third-order valence-electron chi connectivity index (χ3n) is 3.05. The zero-order chi connectivity index (χ0) is 15.4. The van der Waals surface area contributed by atoms with E-state index in [9.17, 15) is 4.39 Å². The second-order valence-corrected chi connectivity index (χ2v) is 4.92. The molecule has 0 aliphatic heterocycles. The minimum Gasteiger partial charge on any atom is -0.340 e. The first-order valence-electron chi connectivity index (χ1n) is 6.87. The van der Waals surface area contributed by atoms with Crippen molar-refractivity contribution in [3.05, 3.63) is 72.3 Å². The summed E-state index contributed by atoms with van der Waals surface area (Å²) >= 11 is 0. The van der Waals surface area contributed by atoms with Gasteiger partial charge in [0.25, 0.3) is 0 Å². The Morgan fingerprint density at radius 3 is 2.09 bits per heavy atom. The summed E-state index contributed by atoms with van der Waals surface area (Å²) in [6.45, 7) is 2.03. The van der Waals surface area contributed by atoms with Crippen molar-refractivity contribution >= 4 is 23.0 Å². The molecule has 0 fully saturated rings. The molecule has 2 N–H and O–H groups in total. The van der Waals surface area contributed by atoms with Gasteiger partial charge in [0.2, 0.25) is 0 Å². The van der Waals surface area contributed by atoms with Crippen LogP contribution in [0.25, 0.3) is 0 Å². The summed E-state index contributed by atoms with van der Waals surface area (Å²) in [5, 5.41) is 6.27. The van der Waals surface area contributed by atoms with Crippen LogP contribution in [0.4, 0.5) is 27.4 Å². The smallest absolute Gasteiger partial charge is 0.135 e. The van der Waals surface area contributed by atoms with Crippen molar-refractivity contribution in [1.29, 1.82) is 0 Å². The molecule has 5 heteroatoms. The van der Waals surface area contributed by atoms with Crippen LogP contribution < -0.4 is 10.6 Å². The summed E-state index contributed by atoms with van der Waals surface area (Å²) in [5.74, 6) is 0.965. The van der Waals surface area contributed by atoms with Crippen LogP contribution in [-0.4, -0.2) is 9.97 Å². The molecule has 0 radical (unpaired) electrons. The standard InChI is InChI=1S/C17H15FN4/c1-12-4-2-6-14(8-12)21-16-10-17(20-11-19-16)22-15-7-3-5-13(18)9-15/h2-11H,1H3,(H2,19,20,21,22). The number of halogens is 1. The van der Waals surface area contributed by atoms with Gasteiger partial charge in [0, 0.05) is 17.4 Å². The number of benzene rings is 2. The van der Waals surface area contributed by atoms with Gasteiger partial charge in [-0.1, -0.05) is 18.2 Å². The van der Waals surface area contributed by atoms with Crippen LogP contribution in [0.3, 0.4) is 0 Å². The fraction of sp³-hybridized carbons (Fsp3) is 0.0588. The lowest BCUT2D eigenvalue weighted by Gasteiger charge is -2.09. The first kappa shape index (κ1) is 14.0. The van der Waals surface area contributed by atoms with Gasteiger partial charge >= 0.3 is 0 Å². The maximum absolute atomic E-state index is 13.2. The van der Waals surface area contributed by atoms with Gasteiger partial charge in [0.05, 0.1) is 0 Å². The van der Waals surface area contributed by atoms with Gasteiger partial charge < -0.3 is 10.6 Å². The second-order valence-electron chi connectivity index (χ2n) is 4.92. The van der Waals surface area contributed by atoms with Crippen molar-refractivity contribution in [3.63, 3.8) is 0 Å². The molecular formula is C17H15FN4. The van der Waals surface area contributed by atoms with Crippen LogP contribution in [0.15, 0.2) is 60.9 Å². The maximum Gasteiger partial charge on any atom is 0.135 e. The maximum atomic E-state index is 13.2. The predicted molar refractivity (Wildman–Crippen MR) is 86.2 cm³/mol. The lowest BCUT2D eigenvalue weighted by atomic mass is 10.2. The molecule has 0 amide bonds. The topological polar surface area (TPSA) is 49.8 Å². The van der Waals surface area contributed by atoms with Crippen LogP contribution in [0.1, 0.15) is 5.56 Å². The molecule has 0 spiro atoms. The van der Waals surface area contributed by atoms with E-state index in [0.29, 0.717) is 17.3 Å². The second kappa shape index (κ2) is 6.22. The molecule has 2 aromatic carbocycles. The Kier molecular flexibility index (Phi) is 3.96. The van der Waals surface area contributed by atoms with Gasteiger partial charge in [-0.15, -0.1) is 0 Å². The Morgan fingerprint density at radius 1 is 0.818 bits per heavy atom. The number of nitrogens with zero attached hydrogens (tertiary/aromatic N) is 2. The van der Waals surface area contributed by atoms with E-state index in [-0.39, 0.29) is 5.82 Å². The number of aryl methyl sites for hydroxylation is 1. The van der Waals surface area contributed by atoms with Crippen molar-refractivity contribution in [2.24, 2.45) is 0 Å². The minimum absolute atomic E-state index is 0.294. The van der Waals surface area contributed by atoms with E-state index in [4.69, 9.17) is 0 Å². The largest absolute Gasteiger partial charge is 0.340 e. The molecule has 1 heterocycles. The first-order chi connectivity index (χ1) is 10.7. The highest BCUT2D eigenvalue weighted by Crippen LogP contribution is 2.20. The Balaban J connectivity index is 1.78. The van der Waals surface area contributed by atoms with Gasteiger partial charge in [-0.2, -0.15) is 0 Å². The quantitative estimate of drug-likeness (QED) is 0.748. The highest BCUT2D eigenvalue weighted by molar-refractivity contribution is 5.63. The minimum atomic E-state index is -0.294. The van der Waals surface area contributed by atoms with Gasteiger partial charge in [-0.3, -0.25) is 0 Å². The molecule has 1 aromatic heterocycles. The van der Waals surface area contributed by atoms with Crippen LogP contribution in [0.2, 0.25) is 0 Å². The van der Waals surface area contributed by atoms with Crippen molar-refractivity contribution in [3.8, 4) is 0 Å². The third-order valence-corrected chi connectivity index (χ3v) is 3.05. The summed E-state index contributed by atoms with van der Waals surface area (Å²) in [5.41, 5.74) is 2.76. The molecule has 22 heavy (non-hydrogen) atoms. The Hall–Kier alpha value is -2.95. The molecule has 3 rings (SSSR count). The van der Waals surface area contributed by atoms with Gasteiger partial charge in [-0.25, -0.2) is 14.4 Å². The molecule has 0 bridgehead atoms. The highest BCUT2D eigenvalue weighted by atomic mass is 19.1. The summed E-state index contributed by atoms with van der Waals surface area (Å²) < 4.78 is 13.2. The fourth-order valence-corrected chi connectivity index (χ4v) is 2.08. The van der Waals surface area contributed by atoms with Gasteiger partial charge in [0.15, 0.2) is 0 Å². The summed E-state index contributed by atoms with van der Waals surface area (Å²) in [6.07, 6.45) is 1.46. The normalized spacial score (nSPS) is 10.3. The Morgan fingerprint density at radius 2 is 1.45 bits per heavy atom. The lowest BCUT2D eigenvalue weighted by molar-refractivity contribution is 0.628. The SMILES string of the molecule is Cc1cccc(Nc2cc(Nc3cccc(F)c3)ncn2)c1. The van der Waals surface area contributed by atoms with Gasteiger partial charge in [-0.05, 0) is 42.8 Å². The molecule has 0 aliphatic carbocycles. The van der Waals surface area contributed by atoms with Crippen molar-refractivity contribution < 1.29 is 4.39 Å². The number of anilines is 4. The molecule has 0 atom stereocenters. The zero-order valence-electron chi connectivity index (χ0n) is 12.0. The third kappa shape index (κ3) is 3.58. The first-order valence-corrected chi connectivity index (χ1v) is 6.87. The molecular weight excluding hydrogens is 279 g/mol. The molecule has 3 aromatic rings. The molecule has 0 saturated heterocycles. The average Bonchev–Trinajstić information content (AvgIpc) is 2.47. The van der Waals surface area contributed by atoms with Crippen LogP contribution in [0, 0.1) is 12.7 Å². The van der Waals surface area contributed by atoms with E-state index in [1.54, 1.807) is 18.2 Å². The van der Waals surface area contributed by atoms with Crippen molar-refractivity contribution in [2.45, 2.75) is 6.92 Å². The predicted octanol–water partition coefficient (Wildman–Crippen LogP) is 4.41. The summed E-state index contributed by atoms with van der Waals surface area (Å²) in [4.78, 5) is 8.33. The highest BCUT2D eigenvalue weighted by Gasteiger charge is 2.01. The summed E-state index contributed by atoms with van der Waals surface area (Å²) in [6, 6.07) is 16.0. The molecule has 0 saturated carbocycles. The fourth-order valence-electron chi connectivity index (χ4n) is 2.08. The average molecular weight is 294 g/mol. The van der Waals surface area contributed by atoms with Crippen LogP contribution >= 0.6 is 0 Å². The molecule has 4 nitrogen and oxygen atoms in total. The number of hydrogen-bond donors (Lipinski definition) is 2. The number of hydrogen-bond acceptors (Lipinski definition) is 4. The molecule has 0 aliphatic rings. The van der Waals surface area contributed by atoms with E-state index in [0.717, 1.165) is 11.3 Å². The monoisotopic (exact) mass is 294 g/mol. The van der Waals surface area contributed by atoms with Crippen LogP contribution in [-0.2, 0) is 0 Å². The van der Waals surface area contributed by atoms with E-state index in [1.165, 1.54) is 18.5 Å².